The first kappa shape index (κ1) is 13.0. The maximum absolute atomic E-state index is 11.8. The normalized spacial score (nSPS) is 10.7. The number of fused-ring (bicyclic) bond motifs is 1. The number of rotatable bonds is 3. The zero-order valence-electron chi connectivity index (χ0n) is 11.3. The number of carbonyl (C=O) groups is 1. The van der Waals surface area contributed by atoms with Crippen LogP contribution in [0.25, 0.3) is 11.1 Å². The van der Waals surface area contributed by atoms with Gasteiger partial charge in [0.25, 0.3) is 0 Å². The second kappa shape index (κ2) is 5.20. The number of furan rings is 1. The first-order valence-electron chi connectivity index (χ1n) is 6.30. The number of aromatic nitrogens is 1. The van der Waals surface area contributed by atoms with Gasteiger partial charge >= 0.3 is 11.8 Å². The average molecular weight is 287 g/mol. The summed E-state index contributed by atoms with van der Waals surface area (Å²) in [6.07, 6.45) is 1.54. The van der Waals surface area contributed by atoms with Gasteiger partial charge in [0, 0.05) is 18.8 Å². The quantitative estimate of drug-likeness (QED) is 0.771. The highest BCUT2D eigenvalue weighted by atomic mass is 16.4. The van der Waals surface area contributed by atoms with E-state index in [2.05, 4.69) is 10.6 Å². The minimum Gasteiger partial charge on any atom is -0.467 e. The van der Waals surface area contributed by atoms with Crippen molar-refractivity contribution in [3.05, 3.63) is 52.9 Å². The van der Waals surface area contributed by atoms with Gasteiger partial charge in [-0.25, -0.2) is 9.59 Å². The molecule has 2 N–H and O–H groups in total. The van der Waals surface area contributed by atoms with Crippen LogP contribution in [0.3, 0.4) is 0 Å². The van der Waals surface area contributed by atoms with Crippen molar-refractivity contribution in [2.75, 3.05) is 5.32 Å². The molecule has 7 heteroatoms. The van der Waals surface area contributed by atoms with Gasteiger partial charge in [-0.05, 0) is 24.3 Å². The van der Waals surface area contributed by atoms with Gasteiger partial charge in [-0.1, -0.05) is 0 Å². The lowest BCUT2D eigenvalue weighted by Crippen LogP contribution is -2.27. The van der Waals surface area contributed by atoms with E-state index in [0.29, 0.717) is 29.1 Å². The molecule has 1 aromatic carbocycles. The van der Waals surface area contributed by atoms with E-state index in [9.17, 15) is 9.59 Å². The molecule has 108 valence electrons. The van der Waals surface area contributed by atoms with Crippen LogP contribution in [-0.4, -0.2) is 10.6 Å². The predicted molar refractivity (Wildman–Crippen MR) is 76.0 cm³/mol. The third kappa shape index (κ3) is 2.66. The minimum atomic E-state index is -0.440. The van der Waals surface area contributed by atoms with E-state index in [1.165, 1.54) is 4.57 Å². The Labute approximate surface area is 119 Å². The van der Waals surface area contributed by atoms with Gasteiger partial charge in [-0.2, -0.15) is 0 Å². The average Bonchev–Trinajstić information content (AvgIpc) is 3.06. The van der Waals surface area contributed by atoms with Crippen molar-refractivity contribution in [3.63, 3.8) is 0 Å². The van der Waals surface area contributed by atoms with E-state index < -0.39 is 5.76 Å². The van der Waals surface area contributed by atoms with Crippen LogP contribution >= 0.6 is 0 Å². The number of nitrogens with one attached hydrogen (secondary N) is 2. The van der Waals surface area contributed by atoms with Crippen LogP contribution in [0, 0.1) is 0 Å². The van der Waals surface area contributed by atoms with Crippen molar-refractivity contribution in [2.45, 2.75) is 6.54 Å². The molecular weight excluding hydrogens is 274 g/mol. The van der Waals surface area contributed by atoms with E-state index in [1.54, 1.807) is 43.6 Å². The number of urea groups is 1. The molecule has 21 heavy (non-hydrogen) atoms. The van der Waals surface area contributed by atoms with Crippen LogP contribution in [0.5, 0.6) is 0 Å². The molecule has 0 radical (unpaired) electrons. The fourth-order valence-electron chi connectivity index (χ4n) is 1.97. The maximum Gasteiger partial charge on any atom is 0.419 e. The maximum atomic E-state index is 11.8. The molecule has 0 aliphatic heterocycles. The molecule has 0 unspecified atom stereocenters. The molecule has 0 saturated carbocycles. The molecule has 0 bridgehead atoms. The van der Waals surface area contributed by atoms with E-state index in [0.717, 1.165) is 0 Å². The topological polar surface area (TPSA) is 89.4 Å². The molecule has 0 atom stereocenters. The predicted octanol–water partition coefficient (Wildman–Crippen LogP) is 2.05. The molecular formula is C14H13N3O4. The van der Waals surface area contributed by atoms with E-state index >= 15 is 0 Å². The standard InChI is InChI=1S/C14H13N3O4/c1-17-11-5-4-9(7-12(11)21-14(17)19)16-13(18)15-8-10-3-2-6-20-10/h2-7H,8H2,1H3,(H2,15,16,18). The van der Waals surface area contributed by atoms with Gasteiger partial charge in [0.2, 0.25) is 0 Å². The molecule has 2 amide bonds. The van der Waals surface area contributed by atoms with Crippen LogP contribution in [0.1, 0.15) is 5.76 Å². The first-order valence-corrected chi connectivity index (χ1v) is 6.30. The summed E-state index contributed by atoms with van der Waals surface area (Å²) in [6, 6.07) is 8.16. The third-order valence-corrected chi connectivity index (χ3v) is 3.05. The number of aryl methyl sites for hydroxylation is 1. The molecule has 3 rings (SSSR count). The van der Waals surface area contributed by atoms with E-state index in [4.69, 9.17) is 8.83 Å². The summed E-state index contributed by atoms with van der Waals surface area (Å²) >= 11 is 0. The second-order valence-electron chi connectivity index (χ2n) is 4.50. The number of carbonyl (C=O) groups excluding carboxylic acids is 1. The summed E-state index contributed by atoms with van der Waals surface area (Å²) in [4.78, 5) is 23.1. The summed E-state index contributed by atoms with van der Waals surface area (Å²) in [5, 5.41) is 5.32. The summed E-state index contributed by atoms with van der Waals surface area (Å²) < 4.78 is 11.6. The Morgan fingerprint density at radius 3 is 2.95 bits per heavy atom. The molecule has 3 aromatic rings. The zero-order chi connectivity index (χ0) is 14.8. The summed E-state index contributed by atoms with van der Waals surface area (Å²) in [5.41, 5.74) is 1.63. The molecule has 2 aromatic heterocycles. The fraction of sp³-hybridized carbons (Fsp3) is 0.143. The number of amides is 2. The number of hydrogen-bond acceptors (Lipinski definition) is 4. The molecule has 0 spiro atoms. The van der Waals surface area contributed by atoms with Gasteiger partial charge in [-0.15, -0.1) is 0 Å². The summed E-state index contributed by atoms with van der Waals surface area (Å²) in [6.45, 7) is 0.293. The number of anilines is 1. The minimum absolute atomic E-state index is 0.293. The van der Waals surface area contributed by atoms with Gasteiger partial charge in [0.1, 0.15) is 5.76 Å². The van der Waals surface area contributed by atoms with Crippen LogP contribution in [0.2, 0.25) is 0 Å². The Kier molecular flexibility index (Phi) is 3.23. The molecule has 0 aliphatic carbocycles. The Morgan fingerprint density at radius 1 is 1.33 bits per heavy atom. The van der Waals surface area contributed by atoms with E-state index in [-0.39, 0.29) is 6.03 Å². The molecule has 0 aliphatic rings. The summed E-state index contributed by atoms with van der Waals surface area (Å²) in [5.74, 6) is 0.221. The lowest BCUT2D eigenvalue weighted by atomic mass is 10.3. The van der Waals surface area contributed by atoms with Crippen LogP contribution in [0.4, 0.5) is 10.5 Å². The number of oxazole rings is 1. The van der Waals surface area contributed by atoms with Gasteiger partial charge in [0.15, 0.2) is 5.58 Å². The highest BCUT2D eigenvalue weighted by Gasteiger charge is 2.08. The van der Waals surface area contributed by atoms with E-state index in [1.807, 2.05) is 0 Å². The molecule has 7 nitrogen and oxygen atoms in total. The lowest BCUT2D eigenvalue weighted by Gasteiger charge is -2.06. The lowest BCUT2D eigenvalue weighted by molar-refractivity contribution is 0.251. The smallest absolute Gasteiger partial charge is 0.419 e. The van der Waals surface area contributed by atoms with Gasteiger partial charge in [-0.3, -0.25) is 4.57 Å². The first-order chi connectivity index (χ1) is 10.1. The number of nitrogens with zero attached hydrogens (tertiary/aromatic N) is 1. The Morgan fingerprint density at radius 2 is 2.19 bits per heavy atom. The van der Waals surface area contributed by atoms with Crippen molar-refractivity contribution in [1.82, 2.24) is 9.88 Å². The molecule has 0 saturated heterocycles. The van der Waals surface area contributed by atoms with Crippen molar-refractivity contribution >= 4 is 22.8 Å². The number of benzene rings is 1. The van der Waals surface area contributed by atoms with Crippen LogP contribution in [-0.2, 0) is 13.6 Å². The van der Waals surface area contributed by atoms with Crippen molar-refractivity contribution in [3.8, 4) is 0 Å². The van der Waals surface area contributed by atoms with Crippen LogP contribution in [0.15, 0.2) is 50.2 Å². The molecule has 2 heterocycles. The van der Waals surface area contributed by atoms with Crippen LogP contribution < -0.4 is 16.4 Å². The highest BCUT2D eigenvalue weighted by molar-refractivity contribution is 5.91. The Bertz CT molecular complexity index is 830. The zero-order valence-corrected chi connectivity index (χ0v) is 11.3. The largest absolute Gasteiger partial charge is 0.467 e. The monoisotopic (exact) mass is 287 g/mol. The summed E-state index contributed by atoms with van der Waals surface area (Å²) in [7, 11) is 1.62. The van der Waals surface area contributed by atoms with Gasteiger partial charge < -0.3 is 19.5 Å². The van der Waals surface area contributed by atoms with Crippen molar-refractivity contribution in [1.29, 1.82) is 0 Å². The third-order valence-electron chi connectivity index (χ3n) is 3.05. The van der Waals surface area contributed by atoms with Gasteiger partial charge in [0.05, 0.1) is 18.3 Å². The number of hydrogen-bond donors (Lipinski definition) is 2. The Hall–Kier alpha value is -2.96. The van der Waals surface area contributed by atoms with Crippen molar-refractivity contribution < 1.29 is 13.6 Å². The molecule has 0 fully saturated rings. The fourth-order valence-corrected chi connectivity index (χ4v) is 1.97. The second-order valence-corrected chi connectivity index (χ2v) is 4.50. The highest BCUT2D eigenvalue weighted by Crippen LogP contribution is 2.17. The Balaban J connectivity index is 1.69. The van der Waals surface area contributed by atoms with Crippen molar-refractivity contribution in [2.24, 2.45) is 7.05 Å². The SMILES string of the molecule is Cn1c(=O)oc2cc(NC(=O)NCc3ccco3)ccc21.